The van der Waals surface area contributed by atoms with Crippen LogP contribution in [0.3, 0.4) is 0 Å². The molecular weight excluding hydrogens is 330 g/mol. The minimum absolute atomic E-state index is 0.170. The number of halogens is 1. The Balaban J connectivity index is 1.68. The Morgan fingerprint density at radius 1 is 1.12 bits per heavy atom. The smallest absolute Gasteiger partial charge is 0.277 e. The summed E-state index contributed by atoms with van der Waals surface area (Å²) in [6, 6.07) is 7.20. The van der Waals surface area contributed by atoms with Crippen molar-refractivity contribution in [2.45, 2.75) is 13.8 Å². The molecule has 24 heavy (non-hydrogen) atoms. The van der Waals surface area contributed by atoms with Crippen molar-refractivity contribution in [3.8, 4) is 0 Å². The third kappa shape index (κ3) is 3.69. The predicted molar refractivity (Wildman–Crippen MR) is 90.7 cm³/mol. The first kappa shape index (κ1) is 15.9. The summed E-state index contributed by atoms with van der Waals surface area (Å²) in [6.07, 6.45) is 2.84. The molecule has 0 saturated carbocycles. The van der Waals surface area contributed by atoms with Crippen molar-refractivity contribution < 1.29 is 9.32 Å². The molecule has 0 radical (unpaired) electrons. The maximum Gasteiger partial charge on any atom is 0.277 e. The molecule has 0 aliphatic heterocycles. The van der Waals surface area contributed by atoms with Crippen molar-refractivity contribution >= 4 is 34.8 Å². The van der Waals surface area contributed by atoms with Crippen LogP contribution in [0.2, 0.25) is 5.02 Å². The van der Waals surface area contributed by atoms with Gasteiger partial charge in [-0.25, -0.2) is 9.97 Å². The highest BCUT2D eigenvalue weighted by atomic mass is 35.5. The van der Waals surface area contributed by atoms with E-state index >= 15 is 0 Å². The second-order valence-electron chi connectivity index (χ2n) is 5.15. The quantitative estimate of drug-likeness (QED) is 0.749. The van der Waals surface area contributed by atoms with Crippen molar-refractivity contribution in [3.05, 3.63) is 58.7 Å². The van der Waals surface area contributed by atoms with Crippen molar-refractivity contribution in [1.82, 2.24) is 15.1 Å². The molecule has 2 N–H and O–H groups in total. The number of carbonyl (C=O) groups excluding carboxylic acids is 1. The Kier molecular flexibility index (Phi) is 4.43. The third-order valence-corrected chi connectivity index (χ3v) is 3.61. The molecule has 0 unspecified atom stereocenters. The van der Waals surface area contributed by atoms with Crippen molar-refractivity contribution in [3.63, 3.8) is 0 Å². The molecule has 3 rings (SSSR count). The molecule has 0 spiro atoms. The second-order valence-corrected chi connectivity index (χ2v) is 5.56. The molecule has 0 saturated heterocycles. The van der Waals surface area contributed by atoms with Gasteiger partial charge in [0.05, 0.1) is 12.4 Å². The lowest BCUT2D eigenvalue weighted by Crippen LogP contribution is -2.14. The molecule has 7 nitrogen and oxygen atoms in total. The zero-order valence-electron chi connectivity index (χ0n) is 13.0. The lowest BCUT2D eigenvalue weighted by atomic mass is 10.2. The van der Waals surface area contributed by atoms with Crippen molar-refractivity contribution in [2.75, 3.05) is 10.6 Å². The van der Waals surface area contributed by atoms with E-state index in [1.807, 2.05) is 19.1 Å². The van der Waals surface area contributed by atoms with E-state index in [0.29, 0.717) is 22.4 Å². The van der Waals surface area contributed by atoms with Gasteiger partial charge in [-0.15, -0.1) is 0 Å². The van der Waals surface area contributed by atoms with Gasteiger partial charge in [0.2, 0.25) is 0 Å². The van der Waals surface area contributed by atoms with Gasteiger partial charge in [0, 0.05) is 16.8 Å². The van der Waals surface area contributed by atoms with Gasteiger partial charge < -0.3 is 15.2 Å². The van der Waals surface area contributed by atoms with E-state index in [0.717, 1.165) is 11.3 Å². The van der Waals surface area contributed by atoms with Crippen LogP contribution in [0.5, 0.6) is 0 Å². The fraction of sp³-hybridized carbons (Fsp3) is 0.125. The minimum Gasteiger partial charge on any atom is -0.360 e. The van der Waals surface area contributed by atoms with Gasteiger partial charge in [-0.1, -0.05) is 22.8 Å². The zero-order valence-corrected chi connectivity index (χ0v) is 13.8. The number of aromatic nitrogens is 3. The molecule has 0 aliphatic rings. The number of hydrogen-bond donors (Lipinski definition) is 2. The Morgan fingerprint density at radius 2 is 1.96 bits per heavy atom. The molecule has 0 bridgehead atoms. The molecule has 2 aromatic heterocycles. The zero-order chi connectivity index (χ0) is 17.1. The number of nitrogens with zero attached hydrogens (tertiary/aromatic N) is 3. The summed E-state index contributed by atoms with van der Waals surface area (Å²) in [7, 11) is 0. The Bertz CT molecular complexity index is 876. The molecular formula is C16H14ClN5O2. The van der Waals surface area contributed by atoms with Gasteiger partial charge in [0.25, 0.3) is 5.91 Å². The molecule has 122 valence electrons. The van der Waals surface area contributed by atoms with E-state index in [1.165, 1.54) is 12.4 Å². The Morgan fingerprint density at radius 3 is 2.58 bits per heavy atom. The Labute approximate surface area is 143 Å². The number of amides is 1. The monoisotopic (exact) mass is 343 g/mol. The van der Waals surface area contributed by atoms with Gasteiger partial charge in [-0.3, -0.25) is 4.79 Å². The average molecular weight is 344 g/mol. The van der Waals surface area contributed by atoms with Crippen LogP contribution in [0.25, 0.3) is 0 Å². The summed E-state index contributed by atoms with van der Waals surface area (Å²) < 4.78 is 4.88. The van der Waals surface area contributed by atoms with Crippen molar-refractivity contribution in [2.24, 2.45) is 0 Å². The van der Waals surface area contributed by atoms with Crippen LogP contribution >= 0.6 is 11.6 Å². The molecule has 8 heteroatoms. The van der Waals surface area contributed by atoms with Gasteiger partial charge in [0.1, 0.15) is 17.3 Å². The number of aryl methyl sites for hydroxylation is 2. The van der Waals surface area contributed by atoms with E-state index in [1.54, 1.807) is 19.1 Å². The van der Waals surface area contributed by atoms with Crippen LogP contribution in [-0.4, -0.2) is 21.0 Å². The molecule has 0 atom stereocenters. The highest BCUT2D eigenvalue weighted by molar-refractivity contribution is 6.31. The fourth-order valence-electron chi connectivity index (χ4n) is 1.93. The minimum atomic E-state index is -0.416. The van der Waals surface area contributed by atoms with Crippen LogP contribution in [0.1, 0.15) is 21.8 Å². The lowest BCUT2D eigenvalue weighted by Gasteiger charge is -2.07. The van der Waals surface area contributed by atoms with E-state index in [-0.39, 0.29) is 5.69 Å². The number of carbonyl (C=O) groups is 1. The SMILES string of the molecule is Cc1cc(NC(=O)c2cnc(Nc3ccc(C)c(Cl)c3)cn2)no1. The summed E-state index contributed by atoms with van der Waals surface area (Å²) >= 11 is 6.08. The van der Waals surface area contributed by atoms with Gasteiger partial charge in [-0.2, -0.15) is 0 Å². The van der Waals surface area contributed by atoms with Crippen LogP contribution in [0, 0.1) is 13.8 Å². The normalized spacial score (nSPS) is 10.5. The summed E-state index contributed by atoms with van der Waals surface area (Å²) in [5, 5.41) is 10.0. The topological polar surface area (TPSA) is 92.9 Å². The van der Waals surface area contributed by atoms with Gasteiger partial charge >= 0.3 is 0 Å². The molecule has 1 amide bonds. The van der Waals surface area contributed by atoms with E-state index in [2.05, 4.69) is 25.8 Å². The molecule has 2 heterocycles. The fourth-order valence-corrected chi connectivity index (χ4v) is 2.11. The maximum absolute atomic E-state index is 12.0. The lowest BCUT2D eigenvalue weighted by molar-refractivity contribution is 0.102. The molecule has 1 aromatic carbocycles. The summed E-state index contributed by atoms with van der Waals surface area (Å²) in [5.41, 5.74) is 1.95. The Hall–Kier alpha value is -2.93. The number of rotatable bonds is 4. The van der Waals surface area contributed by atoms with Crippen LogP contribution in [-0.2, 0) is 0 Å². The number of hydrogen-bond acceptors (Lipinski definition) is 6. The van der Waals surface area contributed by atoms with E-state index in [9.17, 15) is 4.79 Å². The highest BCUT2D eigenvalue weighted by Gasteiger charge is 2.11. The maximum atomic E-state index is 12.0. The van der Waals surface area contributed by atoms with Gasteiger partial charge in [-0.05, 0) is 31.5 Å². The molecule has 0 aliphatic carbocycles. The van der Waals surface area contributed by atoms with Gasteiger partial charge in [0.15, 0.2) is 5.82 Å². The van der Waals surface area contributed by atoms with Crippen molar-refractivity contribution in [1.29, 1.82) is 0 Å². The second kappa shape index (κ2) is 6.67. The number of nitrogens with one attached hydrogen (secondary N) is 2. The van der Waals surface area contributed by atoms with Crippen LogP contribution < -0.4 is 10.6 Å². The number of benzene rings is 1. The summed E-state index contributed by atoms with van der Waals surface area (Å²) in [5.74, 6) is 1.02. The van der Waals surface area contributed by atoms with E-state index in [4.69, 9.17) is 16.1 Å². The molecule has 0 fully saturated rings. The first-order valence-electron chi connectivity index (χ1n) is 7.11. The number of anilines is 3. The van der Waals surface area contributed by atoms with Crippen LogP contribution in [0.15, 0.2) is 41.2 Å². The highest BCUT2D eigenvalue weighted by Crippen LogP contribution is 2.22. The average Bonchev–Trinajstić information content (AvgIpc) is 2.96. The first-order chi connectivity index (χ1) is 11.5. The standard InChI is InChI=1S/C16H14ClN5O2/c1-9-3-4-11(6-12(9)17)20-15-8-18-13(7-19-15)16(23)21-14-5-10(2)24-22-14/h3-8H,1-2H3,(H,19,20)(H,21,22,23). The third-order valence-electron chi connectivity index (χ3n) is 3.20. The van der Waals surface area contributed by atoms with Crippen LogP contribution in [0.4, 0.5) is 17.3 Å². The van der Waals surface area contributed by atoms with E-state index < -0.39 is 5.91 Å². The molecule has 3 aromatic rings. The largest absolute Gasteiger partial charge is 0.360 e. The predicted octanol–water partition coefficient (Wildman–Crippen LogP) is 3.73. The first-order valence-corrected chi connectivity index (χ1v) is 7.49. The summed E-state index contributed by atoms with van der Waals surface area (Å²) in [6.45, 7) is 3.66. The summed E-state index contributed by atoms with van der Waals surface area (Å²) in [4.78, 5) is 20.3.